The molecule has 1 fully saturated rings. The molecule has 3 heteroatoms. The van der Waals surface area contributed by atoms with Crippen LogP contribution in [0.25, 0.3) is 0 Å². The standard InChI is InChI=1S/C14H20BrNO/c15-14-6-2-1-4-12(14)8-11(10-16)9-13-5-3-7-17-13/h1-2,4,6,11,13H,3,5,7-10,16H2. The third-order valence-corrected chi connectivity index (χ3v) is 4.19. The summed E-state index contributed by atoms with van der Waals surface area (Å²) in [7, 11) is 0. The van der Waals surface area contributed by atoms with Gasteiger partial charge in [-0.2, -0.15) is 0 Å². The molecule has 2 unspecified atom stereocenters. The lowest BCUT2D eigenvalue weighted by Crippen LogP contribution is -2.22. The van der Waals surface area contributed by atoms with Crippen molar-refractivity contribution in [2.45, 2.75) is 31.8 Å². The number of benzene rings is 1. The highest BCUT2D eigenvalue weighted by Gasteiger charge is 2.20. The van der Waals surface area contributed by atoms with Crippen LogP contribution in [-0.4, -0.2) is 19.3 Å². The van der Waals surface area contributed by atoms with E-state index in [0.717, 1.165) is 26.0 Å². The van der Waals surface area contributed by atoms with Gasteiger partial charge in [-0.15, -0.1) is 0 Å². The fourth-order valence-electron chi connectivity index (χ4n) is 2.44. The van der Waals surface area contributed by atoms with E-state index in [-0.39, 0.29) is 0 Å². The maximum atomic E-state index is 5.88. The number of rotatable bonds is 5. The monoisotopic (exact) mass is 297 g/mol. The molecule has 0 spiro atoms. The van der Waals surface area contributed by atoms with Crippen LogP contribution in [0.5, 0.6) is 0 Å². The maximum Gasteiger partial charge on any atom is 0.0579 e. The minimum absolute atomic E-state index is 0.436. The van der Waals surface area contributed by atoms with Gasteiger partial charge in [0, 0.05) is 11.1 Å². The van der Waals surface area contributed by atoms with Crippen molar-refractivity contribution in [3.05, 3.63) is 34.3 Å². The summed E-state index contributed by atoms with van der Waals surface area (Å²) in [4.78, 5) is 0. The lowest BCUT2D eigenvalue weighted by molar-refractivity contribution is 0.0904. The van der Waals surface area contributed by atoms with Crippen molar-refractivity contribution >= 4 is 15.9 Å². The van der Waals surface area contributed by atoms with Crippen LogP contribution in [0.1, 0.15) is 24.8 Å². The molecule has 2 rings (SSSR count). The maximum absolute atomic E-state index is 5.88. The first-order valence-corrected chi connectivity index (χ1v) is 7.14. The van der Waals surface area contributed by atoms with Crippen LogP contribution >= 0.6 is 15.9 Å². The highest BCUT2D eigenvalue weighted by molar-refractivity contribution is 9.10. The topological polar surface area (TPSA) is 35.2 Å². The Morgan fingerprint density at radius 1 is 1.41 bits per heavy atom. The second-order valence-electron chi connectivity index (χ2n) is 4.77. The molecular weight excluding hydrogens is 278 g/mol. The van der Waals surface area contributed by atoms with Gasteiger partial charge in [-0.3, -0.25) is 0 Å². The Balaban J connectivity index is 1.92. The summed E-state index contributed by atoms with van der Waals surface area (Å²) in [6.45, 7) is 1.66. The van der Waals surface area contributed by atoms with E-state index in [1.165, 1.54) is 22.9 Å². The van der Waals surface area contributed by atoms with Crippen LogP contribution in [0.15, 0.2) is 28.7 Å². The van der Waals surface area contributed by atoms with Crippen LogP contribution in [0, 0.1) is 5.92 Å². The van der Waals surface area contributed by atoms with Crippen LogP contribution in [0.4, 0.5) is 0 Å². The van der Waals surface area contributed by atoms with Gasteiger partial charge in [0.1, 0.15) is 0 Å². The molecule has 17 heavy (non-hydrogen) atoms. The smallest absolute Gasteiger partial charge is 0.0579 e. The van der Waals surface area contributed by atoms with Crippen molar-refractivity contribution in [2.75, 3.05) is 13.2 Å². The van der Waals surface area contributed by atoms with Gasteiger partial charge in [-0.05, 0) is 49.8 Å². The first-order valence-electron chi connectivity index (χ1n) is 6.34. The summed E-state index contributed by atoms with van der Waals surface area (Å²) in [6, 6.07) is 8.39. The van der Waals surface area contributed by atoms with E-state index in [4.69, 9.17) is 10.5 Å². The molecule has 94 valence electrons. The fourth-order valence-corrected chi connectivity index (χ4v) is 2.89. The normalized spacial score (nSPS) is 21.6. The molecule has 0 bridgehead atoms. The van der Waals surface area contributed by atoms with E-state index < -0.39 is 0 Å². The summed E-state index contributed by atoms with van der Waals surface area (Å²) in [5, 5.41) is 0. The highest BCUT2D eigenvalue weighted by Crippen LogP contribution is 2.24. The quantitative estimate of drug-likeness (QED) is 0.906. The number of nitrogens with two attached hydrogens (primary N) is 1. The average molecular weight is 298 g/mol. The van der Waals surface area contributed by atoms with Gasteiger partial charge in [0.2, 0.25) is 0 Å². The lowest BCUT2D eigenvalue weighted by atomic mass is 9.93. The first-order chi connectivity index (χ1) is 8.29. The summed E-state index contributed by atoms with van der Waals surface area (Å²) in [5.41, 5.74) is 7.23. The number of hydrogen-bond acceptors (Lipinski definition) is 2. The molecule has 1 aromatic rings. The van der Waals surface area contributed by atoms with Crippen molar-refractivity contribution in [3.8, 4) is 0 Å². The van der Waals surface area contributed by atoms with E-state index in [1.54, 1.807) is 0 Å². The predicted octanol–water partition coefficient (Wildman–Crippen LogP) is 3.14. The summed E-state index contributed by atoms with van der Waals surface area (Å²) < 4.78 is 6.87. The van der Waals surface area contributed by atoms with Gasteiger partial charge in [-0.25, -0.2) is 0 Å². The molecule has 2 N–H and O–H groups in total. The molecule has 0 radical (unpaired) electrons. The van der Waals surface area contributed by atoms with E-state index in [0.29, 0.717) is 12.0 Å². The van der Waals surface area contributed by atoms with Gasteiger partial charge in [0.05, 0.1) is 6.10 Å². The Morgan fingerprint density at radius 3 is 2.88 bits per heavy atom. The molecule has 2 atom stereocenters. The Kier molecular flexibility index (Phi) is 5.01. The summed E-state index contributed by atoms with van der Waals surface area (Å²) in [5.74, 6) is 0.525. The molecule has 2 nitrogen and oxygen atoms in total. The lowest BCUT2D eigenvalue weighted by Gasteiger charge is -2.19. The summed E-state index contributed by atoms with van der Waals surface area (Å²) >= 11 is 3.59. The van der Waals surface area contributed by atoms with Gasteiger partial charge < -0.3 is 10.5 Å². The highest BCUT2D eigenvalue weighted by atomic mass is 79.9. The van der Waals surface area contributed by atoms with Gasteiger partial charge in [0.15, 0.2) is 0 Å². The van der Waals surface area contributed by atoms with E-state index in [1.807, 2.05) is 6.07 Å². The zero-order valence-electron chi connectivity index (χ0n) is 10.1. The third kappa shape index (κ3) is 3.80. The second kappa shape index (κ2) is 6.53. The molecule has 0 aromatic heterocycles. The van der Waals surface area contributed by atoms with Crippen LogP contribution < -0.4 is 5.73 Å². The first kappa shape index (κ1) is 13.1. The minimum Gasteiger partial charge on any atom is -0.378 e. The van der Waals surface area contributed by atoms with Crippen molar-refractivity contribution in [1.82, 2.24) is 0 Å². The molecule has 1 aromatic carbocycles. The van der Waals surface area contributed by atoms with Crippen molar-refractivity contribution in [3.63, 3.8) is 0 Å². The van der Waals surface area contributed by atoms with Gasteiger partial charge in [0.25, 0.3) is 0 Å². The Hall–Kier alpha value is -0.380. The predicted molar refractivity (Wildman–Crippen MR) is 74.0 cm³/mol. The van der Waals surface area contributed by atoms with E-state index >= 15 is 0 Å². The van der Waals surface area contributed by atoms with Gasteiger partial charge >= 0.3 is 0 Å². The number of halogens is 1. The molecular formula is C14H20BrNO. The number of hydrogen-bond donors (Lipinski definition) is 1. The van der Waals surface area contributed by atoms with Crippen LogP contribution in [0.2, 0.25) is 0 Å². The van der Waals surface area contributed by atoms with Gasteiger partial charge in [-0.1, -0.05) is 34.1 Å². The Labute approximate surface area is 112 Å². The molecule has 1 saturated heterocycles. The molecule has 1 aliphatic heterocycles. The van der Waals surface area contributed by atoms with Crippen LogP contribution in [-0.2, 0) is 11.2 Å². The van der Waals surface area contributed by atoms with Crippen molar-refractivity contribution < 1.29 is 4.74 Å². The third-order valence-electron chi connectivity index (χ3n) is 3.42. The molecule has 1 heterocycles. The van der Waals surface area contributed by atoms with Crippen molar-refractivity contribution in [1.29, 1.82) is 0 Å². The van der Waals surface area contributed by atoms with E-state index in [2.05, 4.69) is 34.1 Å². The fraction of sp³-hybridized carbons (Fsp3) is 0.571. The van der Waals surface area contributed by atoms with E-state index in [9.17, 15) is 0 Å². The Bertz CT molecular complexity index is 350. The molecule has 0 amide bonds. The van der Waals surface area contributed by atoms with Crippen LogP contribution in [0.3, 0.4) is 0 Å². The SMILES string of the molecule is NCC(Cc1ccccc1Br)CC1CCCO1. The zero-order chi connectivity index (χ0) is 12.1. The molecule has 1 aliphatic rings. The zero-order valence-corrected chi connectivity index (χ0v) is 11.7. The van der Waals surface area contributed by atoms with Crippen molar-refractivity contribution in [2.24, 2.45) is 11.7 Å². The molecule has 0 aliphatic carbocycles. The number of ether oxygens (including phenoxy) is 1. The molecule has 0 saturated carbocycles. The second-order valence-corrected chi connectivity index (χ2v) is 5.62. The largest absolute Gasteiger partial charge is 0.378 e. The Morgan fingerprint density at radius 2 is 2.24 bits per heavy atom. The average Bonchev–Trinajstić information content (AvgIpc) is 2.84. The summed E-state index contributed by atoms with van der Waals surface area (Å²) in [6.07, 6.45) is 4.98. The minimum atomic E-state index is 0.436.